The molecule has 0 unspecified atom stereocenters. The van der Waals surface area contributed by atoms with Gasteiger partial charge in [-0.2, -0.15) is 0 Å². The second kappa shape index (κ2) is 10.9. The van der Waals surface area contributed by atoms with E-state index in [1.54, 1.807) is 12.0 Å². The van der Waals surface area contributed by atoms with Crippen molar-refractivity contribution in [1.29, 1.82) is 0 Å². The molecular formula is C19H26N2O4S. The highest BCUT2D eigenvalue weighted by atomic mass is 32.1. The monoisotopic (exact) mass is 378 g/mol. The van der Waals surface area contributed by atoms with Crippen LogP contribution in [0.2, 0.25) is 0 Å². The zero-order chi connectivity index (χ0) is 18.8. The number of benzene rings is 1. The van der Waals surface area contributed by atoms with Crippen LogP contribution in [0.4, 0.5) is 0 Å². The van der Waals surface area contributed by atoms with Gasteiger partial charge in [0.2, 0.25) is 5.91 Å². The predicted molar refractivity (Wildman–Crippen MR) is 101 cm³/mol. The van der Waals surface area contributed by atoms with Gasteiger partial charge in [-0.3, -0.25) is 4.79 Å². The SMILES string of the molecule is COCCCN(Cc1csc(COc2ccc(C)cc2)n1)C(=O)COC. The first-order valence-corrected chi connectivity index (χ1v) is 9.38. The van der Waals surface area contributed by atoms with Crippen molar-refractivity contribution < 1.29 is 19.0 Å². The molecule has 0 fully saturated rings. The maximum Gasteiger partial charge on any atom is 0.248 e. The number of ether oxygens (including phenoxy) is 3. The van der Waals surface area contributed by atoms with E-state index in [9.17, 15) is 4.79 Å². The smallest absolute Gasteiger partial charge is 0.248 e. The lowest BCUT2D eigenvalue weighted by Gasteiger charge is -2.21. The van der Waals surface area contributed by atoms with Crippen molar-refractivity contribution in [3.63, 3.8) is 0 Å². The minimum Gasteiger partial charge on any atom is -0.486 e. The second-order valence-electron chi connectivity index (χ2n) is 5.93. The first-order valence-electron chi connectivity index (χ1n) is 8.50. The van der Waals surface area contributed by atoms with Crippen molar-refractivity contribution in [2.75, 3.05) is 34.0 Å². The quantitative estimate of drug-likeness (QED) is 0.563. The third kappa shape index (κ3) is 6.74. The van der Waals surface area contributed by atoms with Crippen LogP contribution in [0.25, 0.3) is 0 Å². The van der Waals surface area contributed by atoms with Crippen molar-refractivity contribution in [3.05, 3.63) is 45.9 Å². The number of methoxy groups -OCH3 is 2. The molecule has 2 aromatic rings. The molecule has 1 heterocycles. The topological polar surface area (TPSA) is 60.9 Å². The van der Waals surface area contributed by atoms with E-state index in [-0.39, 0.29) is 12.5 Å². The zero-order valence-corrected chi connectivity index (χ0v) is 16.4. The van der Waals surface area contributed by atoms with E-state index in [2.05, 4.69) is 4.98 Å². The van der Waals surface area contributed by atoms with Gasteiger partial charge >= 0.3 is 0 Å². The van der Waals surface area contributed by atoms with Crippen molar-refractivity contribution in [1.82, 2.24) is 9.88 Å². The summed E-state index contributed by atoms with van der Waals surface area (Å²) in [5, 5.41) is 2.86. The van der Waals surface area contributed by atoms with Gasteiger partial charge in [0.1, 0.15) is 24.0 Å². The van der Waals surface area contributed by atoms with Gasteiger partial charge < -0.3 is 19.1 Å². The van der Waals surface area contributed by atoms with Crippen LogP contribution in [0.1, 0.15) is 22.7 Å². The van der Waals surface area contributed by atoms with Gasteiger partial charge in [-0.1, -0.05) is 17.7 Å². The molecule has 0 aliphatic rings. The van der Waals surface area contributed by atoms with Crippen molar-refractivity contribution in [2.24, 2.45) is 0 Å². The molecule has 0 radical (unpaired) electrons. The molecule has 26 heavy (non-hydrogen) atoms. The molecule has 7 heteroatoms. The summed E-state index contributed by atoms with van der Waals surface area (Å²) in [6.45, 7) is 4.23. The average Bonchev–Trinajstić information content (AvgIpc) is 3.08. The van der Waals surface area contributed by atoms with Gasteiger partial charge in [-0.05, 0) is 25.5 Å². The normalized spacial score (nSPS) is 10.7. The molecule has 0 saturated heterocycles. The van der Waals surface area contributed by atoms with Crippen molar-refractivity contribution >= 4 is 17.2 Å². The number of nitrogens with zero attached hydrogens (tertiary/aromatic N) is 2. The molecule has 142 valence electrons. The Bertz CT molecular complexity index is 672. The first-order chi connectivity index (χ1) is 12.6. The Hall–Kier alpha value is -1.96. The fraction of sp³-hybridized carbons (Fsp3) is 0.474. The summed E-state index contributed by atoms with van der Waals surface area (Å²) in [7, 11) is 3.18. The van der Waals surface area contributed by atoms with Crippen molar-refractivity contribution in [2.45, 2.75) is 26.5 Å². The minimum absolute atomic E-state index is 0.0472. The molecule has 0 aliphatic heterocycles. The Morgan fingerprint density at radius 2 is 1.96 bits per heavy atom. The van der Waals surface area contributed by atoms with Gasteiger partial charge in [0.25, 0.3) is 0 Å². The third-order valence-corrected chi connectivity index (χ3v) is 4.60. The second-order valence-corrected chi connectivity index (χ2v) is 6.87. The Morgan fingerprint density at radius 3 is 2.65 bits per heavy atom. The molecule has 1 amide bonds. The number of hydrogen-bond donors (Lipinski definition) is 0. The number of rotatable bonds is 11. The molecule has 6 nitrogen and oxygen atoms in total. The number of aryl methyl sites for hydroxylation is 1. The highest BCUT2D eigenvalue weighted by Gasteiger charge is 2.15. The van der Waals surface area contributed by atoms with E-state index in [1.807, 2.05) is 36.6 Å². The molecule has 0 spiro atoms. The lowest BCUT2D eigenvalue weighted by Crippen LogP contribution is -2.34. The summed E-state index contributed by atoms with van der Waals surface area (Å²) in [6.07, 6.45) is 0.777. The fourth-order valence-electron chi connectivity index (χ4n) is 2.37. The van der Waals surface area contributed by atoms with Crippen LogP contribution in [0.15, 0.2) is 29.6 Å². The Kier molecular flexibility index (Phi) is 8.53. The molecule has 1 aromatic carbocycles. The molecule has 2 rings (SSSR count). The van der Waals surface area contributed by atoms with E-state index in [1.165, 1.54) is 24.0 Å². The lowest BCUT2D eigenvalue weighted by molar-refractivity contribution is -0.136. The summed E-state index contributed by atoms with van der Waals surface area (Å²) in [5.74, 6) is 0.776. The Morgan fingerprint density at radius 1 is 1.19 bits per heavy atom. The fourth-order valence-corrected chi connectivity index (χ4v) is 3.07. The summed E-state index contributed by atoms with van der Waals surface area (Å²) in [6, 6.07) is 7.93. The molecule has 0 atom stereocenters. The number of thiazole rings is 1. The van der Waals surface area contributed by atoms with E-state index < -0.39 is 0 Å². The highest BCUT2D eigenvalue weighted by molar-refractivity contribution is 7.09. The molecular weight excluding hydrogens is 352 g/mol. The van der Waals surface area contributed by atoms with Gasteiger partial charge in [0.05, 0.1) is 12.2 Å². The van der Waals surface area contributed by atoms with Crippen LogP contribution in [0.5, 0.6) is 5.75 Å². The summed E-state index contributed by atoms with van der Waals surface area (Å²) in [5.41, 5.74) is 2.06. The molecule has 0 aliphatic carbocycles. The summed E-state index contributed by atoms with van der Waals surface area (Å²) in [4.78, 5) is 18.5. The summed E-state index contributed by atoms with van der Waals surface area (Å²) < 4.78 is 15.8. The van der Waals surface area contributed by atoms with Crippen LogP contribution in [0, 0.1) is 6.92 Å². The first kappa shape index (κ1) is 20.4. The lowest BCUT2D eigenvalue weighted by atomic mass is 10.2. The van der Waals surface area contributed by atoms with E-state index >= 15 is 0 Å². The molecule has 0 N–H and O–H groups in total. The summed E-state index contributed by atoms with van der Waals surface area (Å²) >= 11 is 1.54. The van der Waals surface area contributed by atoms with Crippen LogP contribution in [0.3, 0.4) is 0 Å². The van der Waals surface area contributed by atoms with Crippen LogP contribution in [-0.2, 0) is 27.4 Å². The predicted octanol–water partition coefficient (Wildman–Crippen LogP) is 3.04. The number of hydrogen-bond acceptors (Lipinski definition) is 6. The van der Waals surface area contributed by atoms with E-state index in [0.717, 1.165) is 22.9 Å². The maximum atomic E-state index is 12.2. The Labute approximate surface area is 158 Å². The number of amides is 1. The number of carbonyl (C=O) groups is 1. The molecule has 0 bridgehead atoms. The zero-order valence-electron chi connectivity index (χ0n) is 15.6. The Balaban J connectivity index is 1.90. The van der Waals surface area contributed by atoms with Crippen molar-refractivity contribution in [3.8, 4) is 5.75 Å². The maximum absolute atomic E-state index is 12.2. The van der Waals surface area contributed by atoms with E-state index in [4.69, 9.17) is 14.2 Å². The minimum atomic E-state index is -0.0472. The third-order valence-electron chi connectivity index (χ3n) is 3.73. The van der Waals surface area contributed by atoms with E-state index in [0.29, 0.717) is 26.3 Å². The van der Waals surface area contributed by atoms with Gasteiger partial charge in [0.15, 0.2) is 0 Å². The highest BCUT2D eigenvalue weighted by Crippen LogP contribution is 2.17. The van der Waals surface area contributed by atoms with Gasteiger partial charge in [-0.25, -0.2) is 4.98 Å². The number of aromatic nitrogens is 1. The van der Waals surface area contributed by atoms with Crippen LogP contribution in [-0.4, -0.2) is 49.8 Å². The number of carbonyl (C=O) groups excluding carboxylic acids is 1. The average molecular weight is 378 g/mol. The molecule has 0 saturated carbocycles. The van der Waals surface area contributed by atoms with Gasteiger partial charge in [0, 0.05) is 32.8 Å². The van der Waals surface area contributed by atoms with Gasteiger partial charge in [-0.15, -0.1) is 11.3 Å². The standard InChI is InChI=1S/C19H26N2O4S/c1-15-5-7-17(8-6-15)25-12-18-20-16(14-26-18)11-21(9-4-10-23-2)19(22)13-24-3/h5-8,14H,4,9-13H2,1-3H3. The molecule has 1 aromatic heterocycles. The van der Waals surface area contributed by atoms with Crippen LogP contribution < -0.4 is 4.74 Å². The van der Waals surface area contributed by atoms with Crippen LogP contribution >= 0.6 is 11.3 Å². The largest absolute Gasteiger partial charge is 0.486 e.